The van der Waals surface area contributed by atoms with Crippen molar-refractivity contribution in [1.82, 2.24) is 20.1 Å². The van der Waals surface area contributed by atoms with Gasteiger partial charge in [0, 0.05) is 12.1 Å². The summed E-state index contributed by atoms with van der Waals surface area (Å²) in [6.07, 6.45) is 0.0937. The summed E-state index contributed by atoms with van der Waals surface area (Å²) in [5, 5.41) is 7.71. The Balaban J connectivity index is 1.12. The molecule has 3 amide bonds. The third-order valence-electron chi connectivity index (χ3n) is 7.62. The Morgan fingerprint density at radius 1 is 1.11 bits per heavy atom. The topological polar surface area (TPSA) is 102 Å². The molecular formula is C34H35F3N6O3S. The molecule has 0 radical (unpaired) electrons. The van der Waals surface area contributed by atoms with Crippen LogP contribution in [0.1, 0.15) is 55.7 Å². The molecule has 3 aromatic carbocycles. The van der Waals surface area contributed by atoms with E-state index in [9.17, 15) is 22.8 Å². The molecule has 1 fully saturated rings. The zero-order valence-electron chi connectivity index (χ0n) is 26.3. The summed E-state index contributed by atoms with van der Waals surface area (Å²) >= 11 is 1.27. The van der Waals surface area contributed by atoms with Crippen LogP contribution in [0.5, 0.6) is 5.75 Å². The van der Waals surface area contributed by atoms with Crippen LogP contribution in [-0.4, -0.2) is 50.5 Å². The Hall–Kier alpha value is -4.65. The molecular weight excluding hydrogens is 629 g/mol. The number of urea groups is 1. The number of halogens is 3. The van der Waals surface area contributed by atoms with Crippen LogP contribution in [0.15, 0.2) is 78.0 Å². The molecule has 1 aliphatic rings. The quantitative estimate of drug-likeness (QED) is 0.164. The molecule has 2 heterocycles. The standard InChI is InChI=1S/C34H35F3N6O3S/c1-4-6-25-9-8-22(2)19-29(25)43-30(44)20-47-33(43)40-32(45)38-18-5-7-23(3)24-10-12-26(13-11-24)31-39-21-42(41-31)27-14-16-28(17-15-27)46-34(35,36)37/h8-17,19,21,23H,4-7,18,20H2,1-3H3,(H,38,45)/b40-33-. The maximum atomic E-state index is 12.8. The Morgan fingerprint density at radius 2 is 1.85 bits per heavy atom. The highest BCUT2D eigenvalue weighted by Gasteiger charge is 2.32. The highest BCUT2D eigenvalue weighted by Crippen LogP contribution is 2.32. The van der Waals surface area contributed by atoms with Crippen molar-refractivity contribution in [1.29, 1.82) is 0 Å². The van der Waals surface area contributed by atoms with E-state index in [0.29, 0.717) is 23.2 Å². The largest absolute Gasteiger partial charge is 0.573 e. The number of rotatable bonds is 11. The fourth-order valence-electron chi connectivity index (χ4n) is 5.22. The number of nitrogens with zero attached hydrogens (tertiary/aromatic N) is 5. The van der Waals surface area contributed by atoms with Gasteiger partial charge in [-0.2, -0.15) is 4.99 Å². The van der Waals surface area contributed by atoms with Crippen molar-refractivity contribution in [2.45, 2.75) is 58.7 Å². The number of thioether (sulfide) groups is 1. The van der Waals surface area contributed by atoms with Gasteiger partial charge in [-0.15, -0.1) is 18.3 Å². The lowest BCUT2D eigenvalue weighted by atomic mass is 9.95. The Morgan fingerprint density at radius 3 is 2.55 bits per heavy atom. The van der Waals surface area contributed by atoms with Gasteiger partial charge in [-0.1, -0.05) is 68.4 Å². The van der Waals surface area contributed by atoms with Crippen molar-refractivity contribution in [3.63, 3.8) is 0 Å². The van der Waals surface area contributed by atoms with Crippen molar-refractivity contribution in [2.75, 3.05) is 17.2 Å². The van der Waals surface area contributed by atoms with Gasteiger partial charge in [0.05, 0.1) is 17.1 Å². The Labute approximate surface area is 275 Å². The SMILES string of the molecule is CCCc1ccc(C)cc1N1C(=O)CS/C1=N\C(=O)NCCCC(C)c1ccc(-c2ncn(-c3ccc(OC(F)(F)F)cc3)n2)cc1. The van der Waals surface area contributed by atoms with Crippen LogP contribution in [0.25, 0.3) is 17.1 Å². The van der Waals surface area contributed by atoms with Crippen LogP contribution in [0, 0.1) is 6.92 Å². The number of aromatic nitrogens is 3. The summed E-state index contributed by atoms with van der Waals surface area (Å²) in [4.78, 5) is 35.6. The van der Waals surface area contributed by atoms with Crippen LogP contribution in [0.3, 0.4) is 0 Å². The summed E-state index contributed by atoms with van der Waals surface area (Å²) < 4.78 is 42.7. The number of amidine groups is 1. The van der Waals surface area contributed by atoms with E-state index >= 15 is 0 Å². The van der Waals surface area contributed by atoms with E-state index in [-0.39, 0.29) is 23.3 Å². The van der Waals surface area contributed by atoms with Gasteiger partial charge in [-0.05, 0) is 79.1 Å². The third-order valence-corrected chi connectivity index (χ3v) is 8.54. The van der Waals surface area contributed by atoms with Crippen molar-refractivity contribution >= 4 is 34.6 Å². The first-order chi connectivity index (χ1) is 22.5. The van der Waals surface area contributed by atoms with Crippen LogP contribution >= 0.6 is 11.8 Å². The molecule has 246 valence electrons. The number of carbonyl (C=O) groups excluding carboxylic acids is 2. The number of alkyl halides is 3. The molecule has 0 bridgehead atoms. The van der Waals surface area contributed by atoms with E-state index in [0.717, 1.165) is 53.6 Å². The zero-order valence-corrected chi connectivity index (χ0v) is 27.1. The van der Waals surface area contributed by atoms with Gasteiger partial charge in [0.1, 0.15) is 12.1 Å². The minimum atomic E-state index is -4.75. The molecule has 5 rings (SSSR count). The molecule has 1 atom stereocenters. The minimum absolute atomic E-state index is 0.0818. The summed E-state index contributed by atoms with van der Waals surface area (Å²) in [6.45, 7) is 6.64. The monoisotopic (exact) mass is 664 g/mol. The van der Waals surface area contributed by atoms with Crippen molar-refractivity contribution in [2.24, 2.45) is 4.99 Å². The number of aryl methyl sites for hydroxylation is 2. The van der Waals surface area contributed by atoms with Gasteiger partial charge in [-0.25, -0.2) is 14.5 Å². The lowest BCUT2D eigenvalue weighted by Crippen LogP contribution is -2.32. The molecule has 1 N–H and O–H groups in total. The number of hydrogen-bond acceptors (Lipinski definition) is 6. The zero-order chi connectivity index (χ0) is 33.6. The molecule has 0 spiro atoms. The first kappa shape index (κ1) is 33.7. The highest BCUT2D eigenvalue weighted by atomic mass is 32.2. The molecule has 0 saturated carbocycles. The number of nitrogens with one attached hydrogen (secondary N) is 1. The van der Waals surface area contributed by atoms with Crippen LogP contribution in [0.4, 0.5) is 23.7 Å². The highest BCUT2D eigenvalue weighted by molar-refractivity contribution is 8.15. The summed E-state index contributed by atoms with van der Waals surface area (Å²) in [7, 11) is 0. The van der Waals surface area contributed by atoms with Gasteiger partial charge < -0.3 is 10.1 Å². The summed E-state index contributed by atoms with van der Waals surface area (Å²) in [6, 6.07) is 18.8. The van der Waals surface area contributed by atoms with E-state index in [2.05, 4.69) is 39.0 Å². The number of ether oxygens (including phenoxy) is 1. The smallest absolute Gasteiger partial charge is 0.406 e. The van der Waals surface area contributed by atoms with Crippen LogP contribution in [-0.2, 0) is 11.2 Å². The lowest BCUT2D eigenvalue weighted by Gasteiger charge is -2.20. The molecule has 13 heteroatoms. The number of carbonyl (C=O) groups is 2. The van der Waals surface area contributed by atoms with Gasteiger partial charge in [0.2, 0.25) is 5.91 Å². The second-order valence-electron chi connectivity index (χ2n) is 11.2. The summed E-state index contributed by atoms with van der Waals surface area (Å²) in [5.41, 5.74) is 5.36. The van der Waals surface area contributed by atoms with Crippen molar-refractivity contribution in [3.05, 3.63) is 89.7 Å². The normalized spacial score (nSPS) is 14.9. The minimum Gasteiger partial charge on any atom is -0.406 e. The molecule has 9 nitrogen and oxygen atoms in total. The number of aliphatic imine (C=N–C) groups is 1. The Kier molecular flexibility index (Phi) is 10.6. The van der Waals surface area contributed by atoms with Crippen molar-refractivity contribution < 1.29 is 27.5 Å². The maximum Gasteiger partial charge on any atom is 0.573 e. The van der Waals surface area contributed by atoms with Crippen LogP contribution < -0.4 is 15.0 Å². The van der Waals surface area contributed by atoms with E-state index in [1.165, 1.54) is 47.0 Å². The summed E-state index contributed by atoms with van der Waals surface area (Å²) in [5.74, 6) is 0.565. The molecule has 0 aliphatic carbocycles. The second-order valence-corrected chi connectivity index (χ2v) is 12.2. The number of benzene rings is 3. The molecule has 1 unspecified atom stereocenters. The average molecular weight is 665 g/mol. The van der Waals surface area contributed by atoms with E-state index in [1.54, 1.807) is 4.90 Å². The molecule has 1 aromatic heterocycles. The number of anilines is 1. The first-order valence-electron chi connectivity index (χ1n) is 15.3. The molecule has 47 heavy (non-hydrogen) atoms. The average Bonchev–Trinajstić information content (AvgIpc) is 3.67. The number of amides is 3. The van der Waals surface area contributed by atoms with Crippen LogP contribution in [0.2, 0.25) is 0 Å². The lowest BCUT2D eigenvalue weighted by molar-refractivity contribution is -0.274. The van der Waals surface area contributed by atoms with Gasteiger partial charge in [0.25, 0.3) is 0 Å². The third kappa shape index (κ3) is 8.79. The predicted octanol–water partition coefficient (Wildman–Crippen LogP) is 7.82. The number of hydrogen-bond donors (Lipinski definition) is 1. The fourth-order valence-corrected chi connectivity index (χ4v) is 6.08. The van der Waals surface area contributed by atoms with Gasteiger partial charge in [-0.3, -0.25) is 9.69 Å². The van der Waals surface area contributed by atoms with E-state index in [1.807, 2.05) is 49.4 Å². The second kappa shape index (κ2) is 14.8. The first-order valence-corrected chi connectivity index (χ1v) is 16.3. The molecule has 4 aromatic rings. The van der Waals surface area contributed by atoms with Gasteiger partial charge >= 0.3 is 12.4 Å². The predicted molar refractivity (Wildman–Crippen MR) is 177 cm³/mol. The maximum absolute atomic E-state index is 12.8. The Bertz CT molecular complexity index is 1740. The molecule has 1 saturated heterocycles. The van der Waals surface area contributed by atoms with E-state index in [4.69, 9.17) is 0 Å². The van der Waals surface area contributed by atoms with Crippen molar-refractivity contribution in [3.8, 4) is 22.8 Å². The van der Waals surface area contributed by atoms with E-state index < -0.39 is 12.4 Å². The fraction of sp³-hybridized carbons (Fsp3) is 0.324. The van der Waals surface area contributed by atoms with Gasteiger partial charge in [0.15, 0.2) is 11.0 Å². The molecule has 1 aliphatic heterocycles.